The van der Waals surface area contributed by atoms with Crippen LogP contribution in [0.2, 0.25) is 0 Å². The summed E-state index contributed by atoms with van der Waals surface area (Å²) in [6.45, 7) is 9.56. The highest BCUT2D eigenvalue weighted by atomic mass is 16.5. The number of hydrogen-bond acceptors (Lipinski definition) is 6. The van der Waals surface area contributed by atoms with E-state index in [2.05, 4.69) is 21.6 Å². The Hall–Kier alpha value is -1.92. The molecule has 0 aliphatic heterocycles. The lowest BCUT2D eigenvalue weighted by molar-refractivity contribution is 0.0143. The van der Waals surface area contributed by atoms with Crippen LogP contribution in [0.4, 0.5) is 5.69 Å². The van der Waals surface area contributed by atoms with Gasteiger partial charge in [0.15, 0.2) is 0 Å². The lowest BCUT2D eigenvalue weighted by Crippen LogP contribution is -2.10. The Morgan fingerprint density at radius 2 is 2.00 bits per heavy atom. The van der Waals surface area contributed by atoms with Crippen molar-refractivity contribution in [1.29, 1.82) is 0 Å². The van der Waals surface area contributed by atoms with E-state index in [1.54, 1.807) is 6.92 Å². The van der Waals surface area contributed by atoms with Gasteiger partial charge in [0, 0.05) is 12.6 Å². The number of anilines is 1. The van der Waals surface area contributed by atoms with Crippen molar-refractivity contribution in [2.24, 2.45) is 0 Å². The van der Waals surface area contributed by atoms with E-state index in [1.165, 1.54) is 0 Å². The van der Waals surface area contributed by atoms with Gasteiger partial charge in [0.2, 0.25) is 11.8 Å². The number of nitrogens with one attached hydrogen (secondary N) is 1. The van der Waals surface area contributed by atoms with Crippen LogP contribution in [0.3, 0.4) is 0 Å². The van der Waals surface area contributed by atoms with Crippen LogP contribution >= 0.6 is 0 Å². The summed E-state index contributed by atoms with van der Waals surface area (Å²) >= 11 is 0. The summed E-state index contributed by atoms with van der Waals surface area (Å²) in [6, 6.07) is 8.05. The monoisotopic (exact) mass is 319 g/mol. The molecule has 0 unspecified atom stereocenters. The first kappa shape index (κ1) is 17.4. The Morgan fingerprint density at radius 1 is 1.17 bits per heavy atom. The first-order chi connectivity index (χ1) is 11.0. The summed E-state index contributed by atoms with van der Waals surface area (Å²) in [6.07, 6.45) is 0.237. The molecule has 0 aliphatic carbocycles. The Morgan fingerprint density at radius 3 is 2.70 bits per heavy atom. The van der Waals surface area contributed by atoms with E-state index in [9.17, 15) is 0 Å². The van der Waals surface area contributed by atoms with Gasteiger partial charge in [-0.1, -0.05) is 12.1 Å². The molecule has 0 saturated carbocycles. The van der Waals surface area contributed by atoms with Crippen LogP contribution in [0, 0.1) is 6.92 Å². The molecule has 0 radical (unpaired) electrons. The molecule has 6 nitrogen and oxygen atoms in total. The predicted octanol–water partition coefficient (Wildman–Crippen LogP) is 3.49. The fourth-order valence-electron chi connectivity index (χ4n) is 2.08. The quantitative estimate of drug-likeness (QED) is 0.714. The predicted molar refractivity (Wildman–Crippen MR) is 88.3 cm³/mol. The molecule has 0 aliphatic rings. The zero-order chi connectivity index (χ0) is 16.7. The van der Waals surface area contributed by atoms with Crippen molar-refractivity contribution in [1.82, 2.24) is 10.2 Å². The second-order valence-electron chi connectivity index (χ2n) is 5.70. The minimum Gasteiger partial charge on any atom is -0.423 e. The van der Waals surface area contributed by atoms with E-state index in [-0.39, 0.29) is 12.1 Å². The van der Waals surface area contributed by atoms with Gasteiger partial charge in [-0.3, -0.25) is 0 Å². The third kappa shape index (κ3) is 6.00. The fourth-order valence-corrected chi connectivity index (χ4v) is 2.08. The van der Waals surface area contributed by atoms with E-state index in [4.69, 9.17) is 13.9 Å². The normalized spacial score (nSPS) is 12.6. The Labute approximate surface area is 137 Å². The molecule has 2 aromatic rings. The third-order valence-corrected chi connectivity index (χ3v) is 3.17. The number of ether oxygens (including phenoxy) is 2. The van der Waals surface area contributed by atoms with Gasteiger partial charge in [-0.25, -0.2) is 0 Å². The third-order valence-electron chi connectivity index (χ3n) is 3.17. The number of nitrogens with zero attached hydrogens (tertiary/aromatic N) is 2. The molecule has 23 heavy (non-hydrogen) atoms. The Balaban J connectivity index is 1.82. The lowest BCUT2D eigenvalue weighted by Gasteiger charge is -2.13. The lowest BCUT2D eigenvalue weighted by atomic mass is 10.2. The zero-order valence-electron chi connectivity index (χ0n) is 14.2. The van der Waals surface area contributed by atoms with E-state index in [1.807, 2.05) is 39.0 Å². The van der Waals surface area contributed by atoms with Crippen molar-refractivity contribution in [2.45, 2.75) is 46.4 Å². The maximum atomic E-state index is 5.62. The highest BCUT2D eigenvalue weighted by molar-refractivity contribution is 5.46. The molecule has 126 valence electrons. The van der Waals surface area contributed by atoms with Crippen molar-refractivity contribution in [2.75, 3.05) is 18.5 Å². The molecule has 0 bridgehead atoms. The topological polar surface area (TPSA) is 69.4 Å². The SMILES string of the molecule is Cc1nnc([C@H](C)Nc2cccc(COCCOC(C)C)c2)o1. The van der Waals surface area contributed by atoms with Gasteiger partial charge >= 0.3 is 0 Å². The molecule has 0 amide bonds. The van der Waals surface area contributed by atoms with Crippen LogP contribution in [0.25, 0.3) is 0 Å². The molecule has 6 heteroatoms. The summed E-state index contributed by atoms with van der Waals surface area (Å²) in [7, 11) is 0. The second kappa shape index (κ2) is 8.64. The van der Waals surface area contributed by atoms with Crippen LogP contribution in [-0.4, -0.2) is 29.5 Å². The fraction of sp³-hybridized carbons (Fsp3) is 0.529. The molecule has 2 rings (SSSR count). The standard InChI is InChI=1S/C17H25N3O3/c1-12(2)22-9-8-21-11-15-6-5-7-16(10-15)18-13(3)17-20-19-14(4)23-17/h5-7,10,12-13,18H,8-9,11H2,1-4H3/t13-/m0/s1. The number of aryl methyl sites for hydroxylation is 1. The van der Waals surface area contributed by atoms with Crippen LogP contribution in [-0.2, 0) is 16.1 Å². The van der Waals surface area contributed by atoms with E-state index in [0.717, 1.165) is 11.3 Å². The first-order valence-corrected chi connectivity index (χ1v) is 7.89. The Kier molecular flexibility index (Phi) is 6.55. The highest BCUT2D eigenvalue weighted by Crippen LogP contribution is 2.19. The molecular weight excluding hydrogens is 294 g/mol. The summed E-state index contributed by atoms with van der Waals surface area (Å²) in [4.78, 5) is 0. The molecule has 1 aromatic heterocycles. The van der Waals surface area contributed by atoms with Crippen molar-refractivity contribution < 1.29 is 13.9 Å². The first-order valence-electron chi connectivity index (χ1n) is 7.89. The van der Waals surface area contributed by atoms with Gasteiger partial charge < -0.3 is 19.2 Å². The van der Waals surface area contributed by atoms with Crippen LogP contribution in [0.5, 0.6) is 0 Å². The maximum absolute atomic E-state index is 5.62. The van der Waals surface area contributed by atoms with Crippen molar-refractivity contribution in [3.63, 3.8) is 0 Å². The summed E-state index contributed by atoms with van der Waals surface area (Å²) in [5, 5.41) is 11.2. The van der Waals surface area contributed by atoms with Crippen LogP contribution in [0.1, 0.15) is 44.2 Å². The van der Waals surface area contributed by atoms with Gasteiger partial charge in [-0.15, -0.1) is 10.2 Å². The van der Waals surface area contributed by atoms with Gasteiger partial charge in [0.05, 0.1) is 25.9 Å². The summed E-state index contributed by atoms with van der Waals surface area (Å²) in [5.41, 5.74) is 2.10. The molecular formula is C17H25N3O3. The van der Waals surface area contributed by atoms with Crippen LogP contribution < -0.4 is 5.32 Å². The molecule has 1 atom stereocenters. The number of aromatic nitrogens is 2. The van der Waals surface area contributed by atoms with Crippen molar-refractivity contribution in [3.8, 4) is 0 Å². The van der Waals surface area contributed by atoms with Gasteiger partial charge in [-0.05, 0) is 38.5 Å². The zero-order valence-corrected chi connectivity index (χ0v) is 14.2. The van der Waals surface area contributed by atoms with Crippen molar-refractivity contribution in [3.05, 3.63) is 41.6 Å². The average Bonchev–Trinajstić information content (AvgIpc) is 2.94. The summed E-state index contributed by atoms with van der Waals surface area (Å²) in [5.74, 6) is 1.15. The highest BCUT2D eigenvalue weighted by Gasteiger charge is 2.12. The minimum atomic E-state index is -0.0492. The molecule has 0 saturated heterocycles. The molecule has 0 spiro atoms. The molecule has 1 aromatic carbocycles. The second-order valence-corrected chi connectivity index (χ2v) is 5.70. The molecule has 1 heterocycles. The Bertz CT molecular complexity index is 598. The van der Waals surface area contributed by atoms with E-state index in [0.29, 0.717) is 31.6 Å². The number of hydrogen-bond donors (Lipinski definition) is 1. The maximum Gasteiger partial charge on any atom is 0.238 e. The smallest absolute Gasteiger partial charge is 0.238 e. The number of rotatable bonds is 9. The molecule has 0 fully saturated rings. The van der Waals surface area contributed by atoms with Gasteiger partial charge in [0.25, 0.3) is 0 Å². The van der Waals surface area contributed by atoms with Gasteiger partial charge in [0.1, 0.15) is 6.04 Å². The molecule has 1 N–H and O–H groups in total. The van der Waals surface area contributed by atoms with Crippen molar-refractivity contribution >= 4 is 5.69 Å². The van der Waals surface area contributed by atoms with E-state index >= 15 is 0 Å². The largest absolute Gasteiger partial charge is 0.423 e. The van der Waals surface area contributed by atoms with Gasteiger partial charge in [-0.2, -0.15) is 0 Å². The average molecular weight is 319 g/mol. The summed E-state index contributed by atoms with van der Waals surface area (Å²) < 4.78 is 16.5. The number of benzene rings is 1. The van der Waals surface area contributed by atoms with E-state index < -0.39 is 0 Å². The van der Waals surface area contributed by atoms with Crippen LogP contribution in [0.15, 0.2) is 28.7 Å². The minimum absolute atomic E-state index is 0.0492.